The van der Waals surface area contributed by atoms with Gasteiger partial charge in [-0.1, -0.05) is 19.3 Å². The van der Waals surface area contributed by atoms with E-state index in [4.69, 9.17) is 14.8 Å². The molecule has 0 bridgehead atoms. The molecule has 2 aromatic heterocycles. The van der Waals surface area contributed by atoms with E-state index in [-0.39, 0.29) is 11.6 Å². The van der Waals surface area contributed by atoms with Gasteiger partial charge in [0.15, 0.2) is 5.52 Å². The molecule has 1 saturated heterocycles. The van der Waals surface area contributed by atoms with E-state index in [1.807, 2.05) is 17.7 Å². The molecule has 2 fully saturated rings. The monoisotopic (exact) mass is 450 g/mol. The Morgan fingerprint density at radius 1 is 1.06 bits per heavy atom. The molecule has 1 saturated carbocycles. The van der Waals surface area contributed by atoms with Gasteiger partial charge in [-0.3, -0.25) is 9.48 Å². The number of ether oxygens (including phenoxy) is 1. The Morgan fingerprint density at radius 2 is 1.88 bits per heavy atom. The molecule has 33 heavy (non-hydrogen) atoms. The highest BCUT2D eigenvalue weighted by Crippen LogP contribution is 2.34. The first kappa shape index (κ1) is 21.9. The van der Waals surface area contributed by atoms with Gasteiger partial charge in [0, 0.05) is 31.4 Å². The van der Waals surface area contributed by atoms with E-state index >= 15 is 0 Å². The number of nitrogens with zero attached hydrogens (tertiary/aromatic N) is 5. The quantitative estimate of drug-likeness (QED) is 0.652. The minimum absolute atomic E-state index is 0.136. The average molecular weight is 451 g/mol. The molecule has 0 atom stereocenters. The fraction of sp³-hybridized carbons (Fsp3) is 0.560. The number of likely N-dealkylation sites (N-methyl/N-ethyl adjacent to an activating group) is 1. The van der Waals surface area contributed by atoms with Crippen molar-refractivity contribution in [1.82, 2.24) is 24.6 Å². The Kier molecular flexibility index (Phi) is 6.10. The first-order valence-corrected chi connectivity index (χ1v) is 12.2. The summed E-state index contributed by atoms with van der Waals surface area (Å²) in [5.74, 6) is 1.24. The second-order valence-corrected chi connectivity index (χ2v) is 9.46. The van der Waals surface area contributed by atoms with E-state index in [2.05, 4.69) is 34.0 Å². The third-order valence-corrected chi connectivity index (χ3v) is 7.17. The summed E-state index contributed by atoms with van der Waals surface area (Å²) in [7, 11) is 3.84. The number of anilines is 1. The highest BCUT2D eigenvalue weighted by Gasteiger charge is 2.23. The number of nitrogens with one attached hydrogen (secondary N) is 1. The topological polar surface area (TPSA) is 79.3 Å². The highest BCUT2D eigenvalue weighted by molar-refractivity contribution is 5.80. The maximum absolute atomic E-state index is 13.2. The van der Waals surface area contributed by atoms with Crippen LogP contribution in [0.2, 0.25) is 0 Å². The van der Waals surface area contributed by atoms with Crippen LogP contribution in [-0.2, 0) is 0 Å². The molecular formula is C25H34N6O2. The van der Waals surface area contributed by atoms with Crippen LogP contribution < -0.4 is 15.2 Å². The van der Waals surface area contributed by atoms with E-state index in [1.54, 1.807) is 7.11 Å². The fourth-order valence-corrected chi connectivity index (χ4v) is 5.29. The van der Waals surface area contributed by atoms with E-state index in [9.17, 15) is 4.79 Å². The van der Waals surface area contributed by atoms with Gasteiger partial charge >= 0.3 is 0 Å². The number of aromatic amines is 1. The van der Waals surface area contributed by atoms with Crippen molar-refractivity contribution in [3.05, 3.63) is 34.2 Å². The maximum Gasteiger partial charge on any atom is 0.277 e. The minimum atomic E-state index is -0.136. The van der Waals surface area contributed by atoms with Crippen LogP contribution in [0.1, 0.15) is 50.3 Å². The predicted molar refractivity (Wildman–Crippen MR) is 131 cm³/mol. The molecular weight excluding hydrogens is 416 g/mol. The largest absolute Gasteiger partial charge is 0.496 e. The summed E-state index contributed by atoms with van der Waals surface area (Å²) in [6.45, 7) is 6.10. The molecule has 0 radical (unpaired) electrons. The zero-order valence-electron chi connectivity index (χ0n) is 19.9. The van der Waals surface area contributed by atoms with Crippen molar-refractivity contribution in [2.45, 2.75) is 51.5 Å². The Bertz CT molecular complexity index is 1190. The summed E-state index contributed by atoms with van der Waals surface area (Å²) in [5.41, 5.74) is 3.86. The normalized spacial score (nSPS) is 18.6. The van der Waals surface area contributed by atoms with Crippen LogP contribution in [0.3, 0.4) is 0 Å². The number of hydrogen-bond acceptors (Lipinski definition) is 6. The third-order valence-electron chi connectivity index (χ3n) is 7.17. The van der Waals surface area contributed by atoms with Crippen molar-refractivity contribution in [3.63, 3.8) is 0 Å². The Morgan fingerprint density at radius 3 is 2.67 bits per heavy atom. The third kappa shape index (κ3) is 4.24. The summed E-state index contributed by atoms with van der Waals surface area (Å²) >= 11 is 0. The van der Waals surface area contributed by atoms with Gasteiger partial charge in [0.05, 0.1) is 24.4 Å². The number of aryl methyl sites for hydroxylation is 1. The Balaban J connectivity index is 1.52. The van der Waals surface area contributed by atoms with Gasteiger partial charge in [-0.2, -0.15) is 5.10 Å². The zero-order chi connectivity index (χ0) is 22.9. The summed E-state index contributed by atoms with van der Waals surface area (Å²) in [6, 6.07) is 6.45. The van der Waals surface area contributed by atoms with Gasteiger partial charge < -0.3 is 19.5 Å². The first-order chi connectivity index (χ1) is 16.0. The summed E-state index contributed by atoms with van der Waals surface area (Å²) in [6.07, 6.45) is 6.91. The zero-order valence-corrected chi connectivity index (χ0v) is 19.9. The average Bonchev–Trinajstić information content (AvgIpc) is 3.02. The number of fused-ring (bicyclic) bond motifs is 1. The number of rotatable bonds is 4. The minimum Gasteiger partial charge on any atom is -0.496 e. The second-order valence-electron chi connectivity index (χ2n) is 9.46. The molecule has 5 rings (SSSR count). The van der Waals surface area contributed by atoms with Crippen LogP contribution in [0.25, 0.3) is 22.4 Å². The molecule has 1 aromatic carbocycles. The van der Waals surface area contributed by atoms with Crippen molar-refractivity contribution < 1.29 is 4.74 Å². The Hall–Kier alpha value is -2.87. The molecule has 3 aromatic rings. The molecule has 2 aliphatic rings. The van der Waals surface area contributed by atoms with Gasteiger partial charge in [-0.25, -0.2) is 4.98 Å². The van der Waals surface area contributed by atoms with Crippen molar-refractivity contribution in [3.8, 4) is 17.1 Å². The van der Waals surface area contributed by atoms with Gasteiger partial charge in [0.2, 0.25) is 0 Å². The number of H-pyrrole nitrogens is 1. The summed E-state index contributed by atoms with van der Waals surface area (Å²) < 4.78 is 7.67. The number of benzene rings is 1. The smallest absolute Gasteiger partial charge is 0.277 e. The lowest BCUT2D eigenvalue weighted by atomic mass is 9.95. The van der Waals surface area contributed by atoms with E-state index in [1.165, 1.54) is 19.3 Å². The molecule has 0 amide bonds. The lowest BCUT2D eigenvalue weighted by Crippen LogP contribution is -2.28. The van der Waals surface area contributed by atoms with Crippen LogP contribution in [0.5, 0.6) is 5.75 Å². The van der Waals surface area contributed by atoms with Crippen LogP contribution in [0, 0.1) is 6.92 Å². The lowest BCUT2D eigenvalue weighted by molar-refractivity contribution is 0.336. The Labute approximate surface area is 194 Å². The molecule has 1 N–H and O–H groups in total. The van der Waals surface area contributed by atoms with Gasteiger partial charge in [-0.15, -0.1) is 0 Å². The van der Waals surface area contributed by atoms with Crippen molar-refractivity contribution in [2.75, 3.05) is 45.2 Å². The molecule has 8 nitrogen and oxygen atoms in total. The summed E-state index contributed by atoms with van der Waals surface area (Å²) in [4.78, 5) is 25.9. The molecule has 3 heterocycles. The molecule has 0 unspecified atom stereocenters. The lowest BCUT2D eigenvalue weighted by Gasteiger charge is -2.24. The molecule has 1 aliphatic heterocycles. The standard InChI is InChI=1S/C25H34N6O2/c1-17-22-23(31(28-17)18-8-5-4-6-9-18)25(32)27-24(26-22)20-11-10-19(16-21(20)33-3)30-13-7-12-29(2)14-15-30/h10-11,16,18H,4-9,12-15H2,1-3H3,(H,26,27,32). The molecule has 0 spiro atoms. The first-order valence-electron chi connectivity index (χ1n) is 12.2. The second kappa shape index (κ2) is 9.17. The molecule has 8 heteroatoms. The van der Waals surface area contributed by atoms with Crippen LogP contribution in [0.15, 0.2) is 23.0 Å². The number of hydrogen-bond donors (Lipinski definition) is 1. The van der Waals surface area contributed by atoms with E-state index in [0.717, 1.165) is 62.4 Å². The van der Waals surface area contributed by atoms with Crippen LogP contribution >= 0.6 is 0 Å². The van der Waals surface area contributed by atoms with E-state index < -0.39 is 0 Å². The summed E-state index contributed by atoms with van der Waals surface area (Å²) in [5, 5.41) is 4.73. The molecule has 176 valence electrons. The maximum atomic E-state index is 13.2. The van der Waals surface area contributed by atoms with Gasteiger partial charge in [0.25, 0.3) is 5.56 Å². The van der Waals surface area contributed by atoms with Gasteiger partial charge in [-0.05, 0) is 51.9 Å². The van der Waals surface area contributed by atoms with Crippen molar-refractivity contribution in [1.29, 1.82) is 0 Å². The van der Waals surface area contributed by atoms with Crippen LogP contribution in [-0.4, -0.2) is 65.0 Å². The van der Waals surface area contributed by atoms with Gasteiger partial charge in [0.1, 0.15) is 17.1 Å². The number of aromatic nitrogens is 4. The SMILES string of the molecule is COc1cc(N2CCCN(C)CC2)ccc1-c1nc2c(C)nn(C3CCCCC3)c2c(=O)[nH]1. The van der Waals surface area contributed by atoms with Crippen molar-refractivity contribution in [2.24, 2.45) is 0 Å². The number of methoxy groups -OCH3 is 1. The van der Waals surface area contributed by atoms with Crippen molar-refractivity contribution >= 4 is 16.7 Å². The van der Waals surface area contributed by atoms with E-state index in [0.29, 0.717) is 22.6 Å². The molecule has 1 aliphatic carbocycles. The van der Waals surface area contributed by atoms with Crippen LogP contribution in [0.4, 0.5) is 5.69 Å². The predicted octanol–water partition coefficient (Wildman–Crippen LogP) is 3.75. The highest BCUT2D eigenvalue weighted by atomic mass is 16.5. The fourth-order valence-electron chi connectivity index (χ4n) is 5.29.